The van der Waals surface area contributed by atoms with Gasteiger partial charge in [-0.2, -0.15) is 9.78 Å². The number of nitrogens with one attached hydrogen (secondary N) is 1. The first-order valence-corrected chi connectivity index (χ1v) is 9.36. The highest BCUT2D eigenvalue weighted by molar-refractivity contribution is 5.80. The standard InChI is InChI=1S/C14H14N4O2.C8H11N/c1-8-12(9(2)18(17-8)14(19)20)6-10-7-16-13-11(10)4-3-5-15-13;1-7-4-2-3-5-8(7)6-9/h3-5,7H,6H2,1-2H3,(H,15,16)(H,19,20);2-5H,6,9H2,1H3. The largest absolute Gasteiger partial charge is 0.463 e. The number of fused-ring (bicyclic) bond motifs is 1. The second kappa shape index (κ2) is 8.70. The van der Waals surface area contributed by atoms with Crippen molar-refractivity contribution in [2.24, 2.45) is 5.73 Å². The molecule has 0 radical (unpaired) electrons. The quantitative estimate of drug-likeness (QED) is 0.490. The first-order valence-electron chi connectivity index (χ1n) is 9.36. The number of nitrogens with zero attached hydrogens (tertiary/aromatic N) is 3. The van der Waals surface area contributed by atoms with Crippen LogP contribution in [-0.2, 0) is 13.0 Å². The Balaban J connectivity index is 0.000000224. The minimum atomic E-state index is -1.06. The van der Waals surface area contributed by atoms with Gasteiger partial charge < -0.3 is 15.8 Å². The van der Waals surface area contributed by atoms with E-state index in [0.29, 0.717) is 18.7 Å². The fourth-order valence-electron chi connectivity index (χ4n) is 3.31. The molecule has 0 aliphatic carbocycles. The zero-order valence-electron chi connectivity index (χ0n) is 16.8. The van der Waals surface area contributed by atoms with Gasteiger partial charge in [0.2, 0.25) is 0 Å². The summed E-state index contributed by atoms with van der Waals surface area (Å²) in [7, 11) is 0. The van der Waals surface area contributed by atoms with Crippen molar-refractivity contribution >= 4 is 17.1 Å². The molecule has 4 rings (SSSR count). The summed E-state index contributed by atoms with van der Waals surface area (Å²) in [5.74, 6) is 0. The van der Waals surface area contributed by atoms with Crippen LogP contribution < -0.4 is 5.73 Å². The molecule has 0 aliphatic heterocycles. The molecule has 7 nitrogen and oxygen atoms in total. The van der Waals surface area contributed by atoms with Crippen LogP contribution >= 0.6 is 0 Å². The van der Waals surface area contributed by atoms with E-state index >= 15 is 0 Å². The second-order valence-corrected chi connectivity index (χ2v) is 6.86. The number of benzene rings is 1. The van der Waals surface area contributed by atoms with Crippen LogP contribution in [0.1, 0.15) is 33.6 Å². The van der Waals surface area contributed by atoms with Gasteiger partial charge in [0.05, 0.1) is 11.4 Å². The molecule has 3 aromatic heterocycles. The van der Waals surface area contributed by atoms with Gasteiger partial charge in [0.15, 0.2) is 0 Å². The topological polar surface area (TPSA) is 110 Å². The summed E-state index contributed by atoms with van der Waals surface area (Å²) >= 11 is 0. The van der Waals surface area contributed by atoms with E-state index in [9.17, 15) is 4.79 Å². The van der Waals surface area contributed by atoms with Gasteiger partial charge in [-0.3, -0.25) is 0 Å². The molecular formula is C22H25N5O2. The first kappa shape index (κ1) is 20.3. The Labute approximate surface area is 169 Å². The zero-order valence-corrected chi connectivity index (χ0v) is 16.8. The molecule has 1 aromatic carbocycles. The summed E-state index contributed by atoms with van der Waals surface area (Å²) in [4.78, 5) is 18.5. The Morgan fingerprint density at radius 2 is 1.90 bits per heavy atom. The van der Waals surface area contributed by atoms with Gasteiger partial charge >= 0.3 is 6.09 Å². The highest BCUT2D eigenvalue weighted by Crippen LogP contribution is 2.22. The van der Waals surface area contributed by atoms with E-state index in [1.165, 1.54) is 11.1 Å². The molecule has 4 aromatic rings. The van der Waals surface area contributed by atoms with Gasteiger partial charge in [-0.1, -0.05) is 24.3 Å². The van der Waals surface area contributed by atoms with Crippen molar-refractivity contribution in [3.8, 4) is 0 Å². The third kappa shape index (κ3) is 4.35. The van der Waals surface area contributed by atoms with Crippen LogP contribution in [-0.4, -0.2) is 30.9 Å². The molecule has 0 unspecified atom stereocenters. The lowest BCUT2D eigenvalue weighted by molar-refractivity contribution is 0.192. The van der Waals surface area contributed by atoms with Crippen molar-refractivity contribution < 1.29 is 9.90 Å². The Morgan fingerprint density at radius 1 is 1.14 bits per heavy atom. The molecule has 0 spiro atoms. The summed E-state index contributed by atoms with van der Waals surface area (Å²) in [5.41, 5.74) is 12.2. The Morgan fingerprint density at radius 3 is 2.52 bits per heavy atom. The predicted octanol–water partition coefficient (Wildman–Crippen LogP) is 3.95. The number of aromatic amines is 1. The Bertz CT molecular complexity index is 1140. The van der Waals surface area contributed by atoms with Gasteiger partial charge in [0, 0.05) is 36.3 Å². The molecular weight excluding hydrogens is 366 g/mol. The maximum atomic E-state index is 11.1. The van der Waals surface area contributed by atoms with Gasteiger partial charge in [-0.15, -0.1) is 0 Å². The van der Waals surface area contributed by atoms with Crippen LogP contribution in [0.15, 0.2) is 48.8 Å². The van der Waals surface area contributed by atoms with Crippen molar-refractivity contribution in [3.63, 3.8) is 0 Å². The van der Waals surface area contributed by atoms with Crippen molar-refractivity contribution in [1.29, 1.82) is 0 Å². The number of carbonyl (C=O) groups is 1. The summed E-state index contributed by atoms with van der Waals surface area (Å²) < 4.78 is 1.03. The van der Waals surface area contributed by atoms with E-state index < -0.39 is 6.09 Å². The summed E-state index contributed by atoms with van der Waals surface area (Å²) in [6, 6.07) is 12.0. The number of nitrogens with two attached hydrogens (primary N) is 1. The molecule has 150 valence electrons. The minimum Gasteiger partial charge on any atom is -0.463 e. The smallest absolute Gasteiger partial charge is 0.432 e. The van der Waals surface area contributed by atoms with E-state index in [1.54, 1.807) is 13.1 Å². The van der Waals surface area contributed by atoms with Gasteiger partial charge in [0.1, 0.15) is 5.65 Å². The summed E-state index contributed by atoms with van der Waals surface area (Å²) in [5, 5.41) is 14.2. The SMILES string of the molecule is Cc1ccccc1CN.Cc1nn(C(=O)O)c(C)c1Cc1c[nH]c2ncccc12. The normalized spacial score (nSPS) is 10.6. The molecule has 29 heavy (non-hydrogen) atoms. The molecule has 0 atom stereocenters. The van der Waals surface area contributed by atoms with Crippen molar-refractivity contribution in [1.82, 2.24) is 19.7 Å². The predicted molar refractivity (Wildman–Crippen MR) is 113 cm³/mol. The number of rotatable bonds is 3. The van der Waals surface area contributed by atoms with Crippen LogP contribution in [0.3, 0.4) is 0 Å². The number of hydrogen-bond donors (Lipinski definition) is 3. The second-order valence-electron chi connectivity index (χ2n) is 6.86. The lowest BCUT2D eigenvalue weighted by Gasteiger charge is -2.01. The van der Waals surface area contributed by atoms with Gasteiger partial charge in [-0.25, -0.2) is 9.78 Å². The Kier molecular flexibility index (Phi) is 6.09. The van der Waals surface area contributed by atoms with Crippen LogP contribution in [0.4, 0.5) is 4.79 Å². The van der Waals surface area contributed by atoms with E-state index in [-0.39, 0.29) is 0 Å². The Hall–Kier alpha value is -3.45. The zero-order chi connectivity index (χ0) is 21.0. The van der Waals surface area contributed by atoms with Crippen molar-refractivity contribution in [3.05, 3.63) is 82.4 Å². The molecule has 3 heterocycles. The average Bonchev–Trinajstić information content (AvgIpc) is 3.25. The number of aryl methyl sites for hydroxylation is 2. The van der Waals surface area contributed by atoms with Gasteiger partial charge in [-0.05, 0) is 49.6 Å². The summed E-state index contributed by atoms with van der Waals surface area (Å²) in [6.45, 7) is 6.32. The molecule has 0 bridgehead atoms. The number of H-pyrrole nitrogens is 1. The molecule has 4 N–H and O–H groups in total. The molecule has 7 heteroatoms. The van der Waals surface area contributed by atoms with E-state index in [0.717, 1.165) is 32.5 Å². The van der Waals surface area contributed by atoms with Gasteiger partial charge in [0.25, 0.3) is 0 Å². The number of pyridine rings is 1. The highest BCUT2D eigenvalue weighted by atomic mass is 16.4. The lowest BCUT2D eigenvalue weighted by atomic mass is 10.0. The summed E-state index contributed by atoms with van der Waals surface area (Å²) in [6.07, 6.45) is 3.23. The number of carboxylic acid groups (broad SMARTS) is 1. The van der Waals surface area contributed by atoms with E-state index in [4.69, 9.17) is 10.8 Å². The molecule has 0 saturated carbocycles. The first-order chi connectivity index (χ1) is 13.9. The highest BCUT2D eigenvalue weighted by Gasteiger charge is 2.17. The fraction of sp³-hybridized carbons (Fsp3) is 0.227. The molecule has 0 amide bonds. The third-order valence-electron chi connectivity index (χ3n) is 5.01. The maximum absolute atomic E-state index is 11.1. The maximum Gasteiger partial charge on any atom is 0.432 e. The van der Waals surface area contributed by atoms with E-state index in [2.05, 4.69) is 34.1 Å². The van der Waals surface area contributed by atoms with Crippen molar-refractivity contribution in [2.75, 3.05) is 0 Å². The van der Waals surface area contributed by atoms with Crippen molar-refractivity contribution in [2.45, 2.75) is 33.7 Å². The van der Waals surface area contributed by atoms with Crippen LogP contribution in [0, 0.1) is 20.8 Å². The number of hydrogen-bond acceptors (Lipinski definition) is 4. The fourth-order valence-corrected chi connectivity index (χ4v) is 3.31. The average molecular weight is 391 g/mol. The molecule has 0 aliphatic rings. The number of aromatic nitrogens is 4. The third-order valence-corrected chi connectivity index (χ3v) is 5.01. The van der Waals surface area contributed by atoms with Crippen LogP contribution in [0.2, 0.25) is 0 Å². The van der Waals surface area contributed by atoms with Crippen LogP contribution in [0.25, 0.3) is 11.0 Å². The monoisotopic (exact) mass is 391 g/mol. The van der Waals surface area contributed by atoms with E-state index in [1.807, 2.05) is 37.4 Å². The lowest BCUT2D eigenvalue weighted by Crippen LogP contribution is -2.11. The van der Waals surface area contributed by atoms with Crippen LogP contribution in [0.5, 0.6) is 0 Å². The molecule has 0 fully saturated rings. The minimum absolute atomic E-state index is 0.636. The molecule has 0 saturated heterocycles.